The first-order valence-electron chi connectivity index (χ1n) is 9.74. The standard InChI is InChI=1S/C15H15N3O3/c1-8-17-11-4-2-3-10(16)14(11)15(21)18(8)12-6-5-9(19)7-13(12)20/h2-4,12H,5-7,16H2,1H3/i1D3,2D,4D,5D,6D. The minimum atomic E-state index is -3.01. The lowest BCUT2D eigenvalue weighted by Crippen LogP contribution is -2.36. The Morgan fingerprint density at radius 2 is 2.33 bits per heavy atom. The fraction of sp³-hybridized carbons (Fsp3) is 0.333. The zero-order valence-corrected chi connectivity index (χ0v) is 10.7. The van der Waals surface area contributed by atoms with Crippen LogP contribution in [0.3, 0.4) is 0 Å². The first kappa shape index (κ1) is 7.49. The van der Waals surface area contributed by atoms with Crippen LogP contribution in [0.15, 0.2) is 22.9 Å². The maximum atomic E-state index is 13.1. The zero-order chi connectivity index (χ0) is 21.1. The average molecular weight is 292 g/mol. The molecule has 1 saturated carbocycles. The van der Waals surface area contributed by atoms with E-state index in [0.29, 0.717) is 4.57 Å². The number of nitrogens with two attached hydrogens (primary N) is 1. The number of hydrogen-bond donors (Lipinski definition) is 1. The number of ketones is 2. The second-order valence-corrected chi connectivity index (χ2v) is 4.62. The van der Waals surface area contributed by atoms with Crippen LogP contribution in [0.2, 0.25) is 0 Å². The Balaban J connectivity index is 2.45. The number of rotatable bonds is 1. The number of benzene rings is 1. The molecule has 3 atom stereocenters. The monoisotopic (exact) mass is 292 g/mol. The summed E-state index contributed by atoms with van der Waals surface area (Å²) >= 11 is 0. The lowest BCUT2D eigenvalue weighted by Gasteiger charge is -2.24. The minimum absolute atomic E-state index is 0.234. The normalized spacial score (nSPS) is 31.6. The van der Waals surface area contributed by atoms with E-state index in [1.165, 1.54) is 0 Å². The summed E-state index contributed by atoms with van der Waals surface area (Å²) in [5.41, 5.74) is 4.08. The van der Waals surface area contributed by atoms with Gasteiger partial charge in [-0.15, -0.1) is 0 Å². The van der Waals surface area contributed by atoms with E-state index in [9.17, 15) is 14.4 Å². The molecule has 2 aromatic rings. The molecule has 1 aliphatic carbocycles. The molecule has 108 valence electrons. The summed E-state index contributed by atoms with van der Waals surface area (Å²) in [7, 11) is 0. The first-order valence-corrected chi connectivity index (χ1v) is 6.08. The molecule has 21 heavy (non-hydrogen) atoms. The summed E-state index contributed by atoms with van der Waals surface area (Å²) in [6.45, 7) is -3.01. The number of hydrogen-bond acceptors (Lipinski definition) is 5. The van der Waals surface area contributed by atoms with Crippen molar-refractivity contribution in [3.8, 4) is 0 Å². The van der Waals surface area contributed by atoms with Gasteiger partial charge in [0.2, 0.25) is 0 Å². The predicted molar refractivity (Wildman–Crippen MR) is 78.1 cm³/mol. The number of anilines is 1. The lowest BCUT2D eigenvalue weighted by molar-refractivity contribution is -0.132. The van der Waals surface area contributed by atoms with Gasteiger partial charge in [-0.25, -0.2) is 4.98 Å². The number of carbonyl (C=O) groups excluding carboxylic acids is 2. The van der Waals surface area contributed by atoms with Gasteiger partial charge in [-0.3, -0.25) is 19.0 Å². The van der Waals surface area contributed by atoms with Crippen LogP contribution in [-0.4, -0.2) is 21.1 Å². The first-order chi connectivity index (χ1) is 12.9. The second kappa shape index (κ2) is 4.80. The molecule has 1 heterocycles. The van der Waals surface area contributed by atoms with Gasteiger partial charge < -0.3 is 5.73 Å². The van der Waals surface area contributed by atoms with E-state index in [2.05, 4.69) is 4.98 Å². The summed E-state index contributed by atoms with van der Waals surface area (Å²) in [4.78, 5) is 41.1. The van der Waals surface area contributed by atoms with E-state index in [1.807, 2.05) is 0 Å². The summed E-state index contributed by atoms with van der Waals surface area (Å²) in [6.07, 6.45) is -4.04. The summed E-state index contributed by atoms with van der Waals surface area (Å²) in [5.74, 6) is -2.52. The van der Waals surface area contributed by atoms with E-state index < -0.39 is 66.6 Å². The number of nitrogen functional groups attached to an aromatic ring is 1. The summed E-state index contributed by atoms with van der Waals surface area (Å²) < 4.78 is 55.0. The van der Waals surface area contributed by atoms with Crippen molar-refractivity contribution < 1.29 is 19.2 Å². The minimum Gasteiger partial charge on any atom is -0.398 e. The SMILES string of the molecule is [2H]c1cc(N)c2c(=O)n(C3C(=O)CC(=O)C([2H])C3[2H])c(C([2H])([2H])[2H])nc2c1[2H]. The van der Waals surface area contributed by atoms with Crippen molar-refractivity contribution in [2.75, 3.05) is 5.73 Å². The lowest BCUT2D eigenvalue weighted by atomic mass is 9.92. The molecule has 1 fully saturated rings. The molecular weight excluding hydrogens is 270 g/mol. The third kappa shape index (κ3) is 2.12. The molecule has 0 aliphatic heterocycles. The highest BCUT2D eigenvalue weighted by atomic mass is 16.2. The van der Waals surface area contributed by atoms with Gasteiger partial charge in [0, 0.05) is 18.9 Å². The Kier molecular flexibility index (Phi) is 1.71. The molecule has 1 aliphatic rings. The number of nitrogens with zero attached hydrogens (tertiary/aromatic N) is 2. The molecule has 3 unspecified atom stereocenters. The van der Waals surface area contributed by atoms with Crippen LogP contribution in [0.1, 0.15) is 40.7 Å². The predicted octanol–water partition coefficient (Wildman–Crippen LogP) is 1.15. The number of fused-ring (bicyclic) bond motifs is 1. The van der Waals surface area contributed by atoms with Gasteiger partial charge in [0.1, 0.15) is 11.6 Å². The third-order valence-corrected chi connectivity index (χ3v) is 3.24. The maximum absolute atomic E-state index is 13.1. The van der Waals surface area contributed by atoms with Crippen molar-refractivity contribution >= 4 is 28.2 Å². The quantitative estimate of drug-likeness (QED) is 0.628. The Hall–Kier alpha value is -2.50. The topological polar surface area (TPSA) is 95.0 Å². The van der Waals surface area contributed by atoms with E-state index in [-0.39, 0.29) is 17.1 Å². The molecule has 2 N–H and O–H groups in total. The van der Waals surface area contributed by atoms with Gasteiger partial charge in [-0.1, -0.05) is 6.04 Å². The molecule has 0 saturated heterocycles. The van der Waals surface area contributed by atoms with Crippen molar-refractivity contribution in [3.63, 3.8) is 0 Å². The Morgan fingerprint density at radius 3 is 3.10 bits per heavy atom. The molecule has 1 aromatic carbocycles. The van der Waals surface area contributed by atoms with Crippen molar-refractivity contribution in [2.24, 2.45) is 0 Å². The molecule has 0 bridgehead atoms. The van der Waals surface area contributed by atoms with Crippen LogP contribution in [0.25, 0.3) is 10.9 Å². The molecule has 6 heteroatoms. The number of aryl methyl sites for hydroxylation is 1. The van der Waals surface area contributed by atoms with Crippen LogP contribution < -0.4 is 11.3 Å². The van der Waals surface area contributed by atoms with Crippen molar-refractivity contribution in [3.05, 3.63) is 34.3 Å². The van der Waals surface area contributed by atoms with Crippen LogP contribution in [0.5, 0.6) is 0 Å². The van der Waals surface area contributed by atoms with Crippen LogP contribution in [0, 0.1) is 6.85 Å². The maximum Gasteiger partial charge on any atom is 0.264 e. The average Bonchev–Trinajstić information content (AvgIpc) is 2.57. The largest absolute Gasteiger partial charge is 0.398 e. The summed E-state index contributed by atoms with van der Waals surface area (Å²) in [6, 6.07) is -1.55. The summed E-state index contributed by atoms with van der Waals surface area (Å²) in [5, 5.41) is -0.354. The fourth-order valence-electron chi connectivity index (χ4n) is 2.27. The highest BCUT2D eigenvalue weighted by Gasteiger charge is 2.30. The van der Waals surface area contributed by atoms with Crippen molar-refractivity contribution in [1.82, 2.24) is 9.55 Å². The number of aromatic nitrogens is 2. The molecule has 0 spiro atoms. The van der Waals surface area contributed by atoms with E-state index in [0.717, 1.165) is 6.07 Å². The zero-order valence-electron chi connectivity index (χ0n) is 17.7. The highest BCUT2D eigenvalue weighted by molar-refractivity contribution is 6.03. The smallest absolute Gasteiger partial charge is 0.264 e. The Labute approximate surface area is 130 Å². The van der Waals surface area contributed by atoms with Crippen molar-refractivity contribution in [1.29, 1.82) is 0 Å². The van der Waals surface area contributed by atoms with Crippen LogP contribution >= 0.6 is 0 Å². The third-order valence-electron chi connectivity index (χ3n) is 3.24. The molecule has 0 radical (unpaired) electrons. The van der Waals surface area contributed by atoms with E-state index in [4.69, 9.17) is 15.3 Å². The molecule has 1 aromatic heterocycles. The van der Waals surface area contributed by atoms with Crippen LogP contribution in [-0.2, 0) is 9.59 Å². The fourth-order valence-corrected chi connectivity index (χ4v) is 2.27. The molecule has 0 amide bonds. The van der Waals surface area contributed by atoms with E-state index in [1.54, 1.807) is 0 Å². The van der Waals surface area contributed by atoms with Gasteiger partial charge in [-0.05, 0) is 25.4 Å². The van der Waals surface area contributed by atoms with Gasteiger partial charge in [0.25, 0.3) is 5.56 Å². The molecule has 6 nitrogen and oxygen atoms in total. The highest BCUT2D eigenvalue weighted by Crippen LogP contribution is 2.24. The number of Topliss-reactive ketones (excluding diaryl/α,β-unsaturated/α-hetero) is 2. The van der Waals surface area contributed by atoms with Gasteiger partial charge in [0.15, 0.2) is 5.78 Å². The Morgan fingerprint density at radius 1 is 1.52 bits per heavy atom. The number of carbonyl (C=O) groups is 2. The Bertz CT molecular complexity index is 1080. The van der Waals surface area contributed by atoms with Crippen molar-refractivity contribution in [2.45, 2.75) is 32.1 Å². The second-order valence-electron chi connectivity index (χ2n) is 4.62. The van der Waals surface area contributed by atoms with Crippen LogP contribution in [0.4, 0.5) is 5.69 Å². The van der Waals surface area contributed by atoms with Gasteiger partial charge >= 0.3 is 0 Å². The van der Waals surface area contributed by atoms with Gasteiger partial charge in [-0.2, -0.15) is 0 Å². The molecular formula is C15H15N3O3. The molecule has 3 rings (SSSR count). The van der Waals surface area contributed by atoms with E-state index >= 15 is 0 Å². The van der Waals surface area contributed by atoms with Gasteiger partial charge in [0.05, 0.1) is 26.1 Å².